The monoisotopic (exact) mass is 313 g/mol. The van der Waals surface area contributed by atoms with Gasteiger partial charge in [0.15, 0.2) is 0 Å². The van der Waals surface area contributed by atoms with E-state index in [0.717, 1.165) is 34.6 Å². The van der Waals surface area contributed by atoms with Crippen molar-refractivity contribution in [2.24, 2.45) is 0 Å². The van der Waals surface area contributed by atoms with Crippen LogP contribution in [0.2, 0.25) is 0 Å². The van der Waals surface area contributed by atoms with E-state index < -0.39 is 0 Å². The normalized spacial score (nSPS) is 13.7. The van der Waals surface area contributed by atoms with Gasteiger partial charge >= 0.3 is 0 Å². The molecule has 2 aromatic carbocycles. The summed E-state index contributed by atoms with van der Waals surface area (Å²) in [5.41, 5.74) is 5.08. The molecular formula is C18H20FN3O. The summed E-state index contributed by atoms with van der Waals surface area (Å²) in [6, 6.07) is 10.9. The molecule has 1 aliphatic rings. The van der Waals surface area contributed by atoms with Crippen LogP contribution in [0.1, 0.15) is 11.1 Å². The van der Waals surface area contributed by atoms with Crippen LogP contribution in [-0.4, -0.2) is 27.6 Å². The van der Waals surface area contributed by atoms with E-state index >= 15 is 0 Å². The molecule has 0 saturated heterocycles. The summed E-state index contributed by atoms with van der Waals surface area (Å²) in [6.45, 7) is 1.33. The van der Waals surface area contributed by atoms with Crippen molar-refractivity contribution in [3.63, 3.8) is 0 Å². The first kappa shape index (κ1) is 15.3. The van der Waals surface area contributed by atoms with Crippen molar-refractivity contribution in [2.75, 3.05) is 35.8 Å². The topological polar surface area (TPSA) is 26.8 Å². The number of rotatable bonds is 2. The smallest absolute Gasteiger partial charge is 0.213 e. The van der Waals surface area contributed by atoms with Gasteiger partial charge in [-0.05, 0) is 47.5 Å². The van der Waals surface area contributed by atoms with Crippen molar-refractivity contribution >= 4 is 23.5 Å². The molecule has 0 N–H and O–H groups in total. The maximum Gasteiger partial charge on any atom is 0.213 e. The fraction of sp³-hybridized carbons (Fsp3) is 0.278. The summed E-state index contributed by atoms with van der Waals surface area (Å²) in [5, 5.41) is 0. The molecule has 4 nitrogen and oxygen atoms in total. The predicted octanol–water partition coefficient (Wildman–Crippen LogP) is 3.00. The van der Waals surface area contributed by atoms with E-state index in [-0.39, 0.29) is 5.82 Å². The Morgan fingerprint density at radius 3 is 2.17 bits per heavy atom. The van der Waals surface area contributed by atoms with Crippen LogP contribution in [0.4, 0.5) is 21.5 Å². The Balaban J connectivity index is 2.05. The molecule has 0 unspecified atom stereocenters. The van der Waals surface area contributed by atoms with E-state index in [0.29, 0.717) is 13.1 Å². The summed E-state index contributed by atoms with van der Waals surface area (Å²) in [5.74, 6) is -0.214. The lowest BCUT2D eigenvalue weighted by molar-refractivity contribution is -0.107. The van der Waals surface area contributed by atoms with Crippen LogP contribution < -0.4 is 14.7 Å². The van der Waals surface area contributed by atoms with Gasteiger partial charge in [0.1, 0.15) is 5.82 Å². The Labute approximate surface area is 135 Å². The van der Waals surface area contributed by atoms with E-state index in [9.17, 15) is 9.18 Å². The molecular weight excluding hydrogens is 293 g/mol. The average molecular weight is 313 g/mol. The van der Waals surface area contributed by atoms with Crippen LogP contribution in [0.25, 0.3) is 0 Å². The Kier molecular flexibility index (Phi) is 3.94. The number of carbonyl (C=O) groups is 1. The zero-order valence-electron chi connectivity index (χ0n) is 13.6. The first-order chi connectivity index (χ1) is 11.0. The van der Waals surface area contributed by atoms with Crippen LogP contribution in [0.5, 0.6) is 0 Å². The molecule has 0 aliphatic carbocycles. The predicted molar refractivity (Wildman–Crippen MR) is 91.5 cm³/mol. The van der Waals surface area contributed by atoms with Crippen molar-refractivity contribution in [2.45, 2.75) is 13.1 Å². The molecule has 0 fully saturated rings. The van der Waals surface area contributed by atoms with Gasteiger partial charge in [0.25, 0.3) is 0 Å². The number of benzene rings is 2. The third-order valence-corrected chi connectivity index (χ3v) is 4.31. The van der Waals surface area contributed by atoms with Crippen molar-refractivity contribution in [3.05, 3.63) is 53.3 Å². The molecule has 120 valence electrons. The first-order valence-electron chi connectivity index (χ1n) is 7.51. The second-order valence-electron chi connectivity index (χ2n) is 6.01. The molecule has 23 heavy (non-hydrogen) atoms. The largest absolute Gasteiger partial charge is 0.370 e. The summed E-state index contributed by atoms with van der Waals surface area (Å²) < 4.78 is 13.6. The lowest BCUT2D eigenvalue weighted by Gasteiger charge is -2.32. The Bertz CT molecular complexity index is 747. The van der Waals surface area contributed by atoms with Gasteiger partial charge in [0, 0.05) is 51.3 Å². The quantitative estimate of drug-likeness (QED) is 0.798. The lowest BCUT2D eigenvalue weighted by Crippen LogP contribution is -2.27. The first-order valence-corrected chi connectivity index (χ1v) is 7.51. The standard InChI is InChI=1S/C18H20FN3O/c1-20-10-13-8-15(19)4-6-17(13)21(2)11-14-9-16(22(3)12-23)5-7-18(14)20/h4-9,12H,10-11H2,1-3H3. The molecule has 5 heteroatoms. The minimum Gasteiger partial charge on any atom is -0.370 e. The van der Waals surface area contributed by atoms with Crippen LogP contribution in [0, 0.1) is 5.82 Å². The van der Waals surface area contributed by atoms with Gasteiger partial charge in [-0.25, -0.2) is 4.39 Å². The molecule has 0 atom stereocenters. The van der Waals surface area contributed by atoms with Crippen molar-refractivity contribution in [1.29, 1.82) is 0 Å². The molecule has 1 aliphatic heterocycles. The number of amides is 1. The van der Waals surface area contributed by atoms with Crippen LogP contribution in [0.3, 0.4) is 0 Å². The third-order valence-electron chi connectivity index (χ3n) is 4.31. The molecule has 0 bridgehead atoms. The van der Waals surface area contributed by atoms with E-state index in [2.05, 4.69) is 9.80 Å². The molecule has 0 radical (unpaired) electrons. The molecule has 1 heterocycles. The Morgan fingerprint density at radius 2 is 1.57 bits per heavy atom. The second kappa shape index (κ2) is 5.91. The van der Waals surface area contributed by atoms with Gasteiger partial charge in [-0.3, -0.25) is 4.79 Å². The Morgan fingerprint density at radius 1 is 1.00 bits per heavy atom. The number of fused-ring (bicyclic) bond motifs is 2. The highest BCUT2D eigenvalue weighted by molar-refractivity contribution is 5.76. The van der Waals surface area contributed by atoms with Crippen molar-refractivity contribution in [1.82, 2.24) is 0 Å². The van der Waals surface area contributed by atoms with Gasteiger partial charge < -0.3 is 14.7 Å². The van der Waals surface area contributed by atoms with E-state index in [1.165, 1.54) is 6.07 Å². The summed E-state index contributed by atoms with van der Waals surface area (Å²) in [6.07, 6.45) is 0.802. The number of hydrogen-bond donors (Lipinski definition) is 0. The van der Waals surface area contributed by atoms with Gasteiger partial charge in [-0.15, -0.1) is 0 Å². The molecule has 1 amide bonds. The minimum atomic E-state index is -0.214. The zero-order chi connectivity index (χ0) is 16.6. The van der Waals surface area contributed by atoms with E-state index in [1.807, 2.05) is 38.4 Å². The maximum atomic E-state index is 13.6. The average Bonchev–Trinajstić information content (AvgIpc) is 2.52. The van der Waals surface area contributed by atoms with Crippen molar-refractivity contribution < 1.29 is 9.18 Å². The highest BCUT2D eigenvalue weighted by atomic mass is 19.1. The number of hydrogen-bond acceptors (Lipinski definition) is 3. The number of anilines is 3. The summed E-state index contributed by atoms with van der Waals surface area (Å²) in [7, 11) is 5.74. The number of nitrogens with zero attached hydrogens (tertiary/aromatic N) is 3. The molecule has 0 aromatic heterocycles. The highest BCUT2D eigenvalue weighted by Crippen LogP contribution is 2.33. The number of carbonyl (C=O) groups excluding carboxylic acids is 1. The molecule has 3 rings (SSSR count). The Hall–Kier alpha value is -2.56. The molecule has 2 aromatic rings. The lowest BCUT2D eigenvalue weighted by atomic mass is 10.0. The van der Waals surface area contributed by atoms with Gasteiger partial charge in [0.05, 0.1) is 0 Å². The van der Waals surface area contributed by atoms with E-state index in [4.69, 9.17) is 0 Å². The van der Waals surface area contributed by atoms with Gasteiger partial charge in [-0.2, -0.15) is 0 Å². The van der Waals surface area contributed by atoms with E-state index in [1.54, 1.807) is 18.0 Å². The van der Waals surface area contributed by atoms with Gasteiger partial charge in [-0.1, -0.05) is 0 Å². The fourth-order valence-electron chi connectivity index (χ4n) is 3.09. The fourth-order valence-corrected chi connectivity index (χ4v) is 3.09. The zero-order valence-corrected chi connectivity index (χ0v) is 13.6. The van der Waals surface area contributed by atoms with Crippen LogP contribution in [0.15, 0.2) is 36.4 Å². The maximum absolute atomic E-state index is 13.6. The summed E-state index contributed by atoms with van der Waals surface area (Å²) in [4.78, 5) is 16.8. The van der Waals surface area contributed by atoms with Crippen molar-refractivity contribution in [3.8, 4) is 0 Å². The minimum absolute atomic E-state index is 0.214. The van der Waals surface area contributed by atoms with Gasteiger partial charge in [0.2, 0.25) is 6.41 Å². The molecule has 0 spiro atoms. The SMILES string of the molecule is CN(C=O)c1ccc2c(c1)CN(C)c1ccc(F)cc1CN2C. The summed E-state index contributed by atoms with van der Waals surface area (Å²) >= 11 is 0. The van der Waals surface area contributed by atoms with Crippen LogP contribution >= 0.6 is 0 Å². The third kappa shape index (κ3) is 2.86. The van der Waals surface area contributed by atoms with Crippen LogP contribution in [-0.2, 0) is 17.9 Å². The second-order valence-corrected chi connectivity index (χ2v) is 6.01. The number of halogens is 1. The molecule has 0 saturated carbocycles. The highest BCUT2D eigenvalue weighted by Gasteiger charge is 2.19.